The van der Waals surface area contributed by atoms with Crippen molar-refractivity contribution in [3.63, 3.8) is 0 Å². The van der Waals surface area contributed by atoms with E-state index in [9.17, 15) is 4.39 Å². The van der Waals surface area contributed by atoms with Gasteiger partial charge in [-0.25, -0.2) is 4.39 Å². The topological polar surface area (TPSA) is 72.3 Å². The number of aliphatic hydroxyl groups is 1. The lowest BCUT2D eigenvalue weighted by Gasteiger charge is -2.13. The van der Waals surface area contributed by atoms with Crippen LogP contribution in [0, 0.1) is 5.82 Å². The van der Waals surface area contributed by atoms with Crippen LogP contribution in [0.25, 0.3) is 0 Å². The van der Waals surface area contributed by atoms with Gasteiger partial charge >= 0.3 is 0 Å². The van der Waals surface area contributed by atoms with Crippen molar-refractivity contribution in [2.45, 2.75) is 12.6 Å². The zero-order valence-corrected chi connectivity index (χ0v) is 7.20. The molecule has 0 heterocycles. The summed E-state index contributed by atoms with van der Waals surface area (Å²) >= 11 is 0. The van der Waals surface area contributed by atoms with E-state index in [0.29, 0.717) is 11.1 Å². The van der Waals surface area contributed by atoms with Crippen LogP contribution in [-0.2, 0) is 6.61 Å². The number of rotatable bonds is 3. The summed E-state index contributed by atoms with van der Waals surface area (Å²) in [7, 11) is 0. The van der Waals surface area contributed by atoms with Gasteiger partial charge in [0, 0.05) is 12.6 Å². The highest BCUT2D eigenvalue weighted by Crippen LogP contribution is 2.16. The predicted octanol–water partition coefficient (Wildman–Crippen LogP) is 0.276. The van der Waals surface area contributed by atoms with Crippen LogP contribution in [0.5, 0.6) is 0 Å². The van der Waals surface area contributed by atoms with Crippen molar-refractivity contribution in [2.75, 3.05) is 6.54 Å². The highest BCUT2D eigenvalue weighted by atomic mass is 19.1. The smallest absolute Gasteiger partial charge is 0.123 e. The van der Waals surface area contributed by atoms with Gasteiger partial charge in [-0.2, -0.15) is 0 Å². The van der Waals surface area contributed by atoms with Crippen LogP contribution in [0.1, 0.15) is 17.2 Å². The van der Waals surface area contributed by atoms with E-state index >= 15 is 0 Å². The van der Waals surface area contributed by atoms with Crippen LogP contribution in [0.2, 0.25) is 0 Å². The number of halogens is 1. The Labute approximate surface area is 76.2 Å². The van der Waals surface area contributed by atoms with Crippen molar-refractivity contribution in [1.29, 1.82) is 0 Å². The number of aliphatic hydroxyl groups excluding tert-OH is 1. The van der Waals surface area contributed by atoms with Gasteiger partial charge in [-0.05, 0) is 23.3 Å². The first-order valence-electron chi connectivity index (χ1n) is 4.04. The van der Waals surface area contributed by atoms with Gasteiger partial charge in [-0.1, -0.05) is 6.07 Å². The minimum atomic E-state index is -0.378. The molecule has 0 bridgehead atoms. The standard InChI is InChI=1S/C9H13FN2O/c10-7-1-2-8(9(12)4-11)6(3-7)5-13/h1-3,9,13H,4-5,11-12H2. The van der Waals surface area contributed by atoms with Crippen molar-refractivity contribution < 1.29 is 9.50 Å². The molecule has 0 amide bonds. The van der Waals surface area contributed by atoms with Gasteiger partial charge < -0.3 is 16.6 Å². The maximum Gasteiger partial charge on any atom is 0.123 e. The second-order valence-corrected chi connectivity index (χ2v) is 2.84. The molecule has 0 saturated heterocycles. The average molecular weight is 184 g/mol. The Morgan fingerprint density at radius 1 is 1.46 bits per heavy atom. The Morgan fingerprint density at radius 2 is 2.15 bits per heavy atom. The third-order valence-electron chi connectivity index (χ3n) is 1.93. The van der Waals surface area contributed by atoms with Crippen molar-refractivity contribution in [1.82, 2.24) is 0 Å². The van der Waals surface area contributed by atoms with E-state index in [1.54, 1.807) is 6.07 Å². The monoisotopic (exact) mass is 184 g/mol. The molecule has 72 valence electrons. The molecular weight excluding hydrogens is 171 g/mol. The van der Waals surface area contributed by atoms with Gasteiger partial charge in [-0.3, -0.25) is 0 Å². The first-order valence-corrected chi connectivity index (χ1v) is 4.04. The molecule has 0 saturated carbocycles. The third kappa shape index (κ3) is 2.24. The summed E-state index contributed by atoms with van der Waals surface area (Å²) in [5.74, 6) is -0.378. The van der Waals surface area contributed by atoms with Crippen LogP contribution in [-0.4, -0.2) is 11.7 Å². The summed E-state index contributed by atoms with van der Waals surface area (Å²) in [5, 5.41) is 8.92. The fraction of sp³-hybridized carbons (Fsp3) is 0.333. The Bertz CT molecular complexity index is 291. The summed E-state index contributed by atoms with van der Waals surface area (Å²) in [6.07, 6.45) is 0. The van der Waals surface area contributed by atoms with Gasteiger partial charge in [0.2, 0.25) is 0 Å². The minimum Gasteiger partial charge on any atom is -0.392 e. The zero-order chi connectivity index (χ0) is 9.84. The van der Waals surface area contributed by atoms with E-state index in [2.05, 4.69) is 0 Å². The lowest BCUT2D eigenvalue weighted by molar-refractivity contribution is 0.279. The molecule has 13 heavy (non-hydrogen) atoms. The second kappa shape index (κ2) is 4.32. The van der Waals surface area contributed by atoms with Crippen molar-refractivity contribution in [3.05, 3.63) is 35.1 Å². The van der Waals surface area contributed by atoms with E-state index in [-0.39, 0.29) is 25.0 Å². The maximum absolute atomic E-state index is 12.7. The molecule has 0 aliphatic heterocycles. The van der Waals surface area contributed by atoms with Gasteiger partial charge in [0.15, 0.2) is 0 Å². The lowest BCUT2D eigenvalue weighted by atomic mass is 10.0. The number of hydrogen-bond donors (Lipinski definition) is 3. The summed E-state index contributed by atoms with van der Waals surface area (Å²) in [6.45, 7) is 0.0550. The summed E-state index contributed by atoms with van der Waals surface area (Å²) in [4.78, 5) is 0. The highest BCUT2D eigenvalue weighted by Gasteiger charge is 2.09. The van der Waals surface area contributed by atoms with E-state index in [0.717, 1.165) is 0 Å². The summed E-state index contributed by atoms with van der Waals surface area (Å²) in [6, 6.07) is 3.79. The molecular formula is C9H13FN2O. The van der Waals surface area contributed by atoms with Crippen molar-refractivity contribution >= 4 is 0 Å². The summed E-state index contributed by atoms with van der Waals surface area (Å²) < 4.78 is 12.7. The molecule has 5 N–H and O–H groups in total. The van der Waals surface area contributed by atoms with Crippen LogP contribution in [0.15, 0.2) is 18.2 Å². The molecule has 0 radical (unpaired) electrons. The summed E-state index contributed by atoms with van der Waals surface area (Å²) in [5.41, 5.74) is 12.2. The van der Waals surface area contributed by atoms with Crippen LogP contribution < -0.4 is 11.5 Å². The maximum atomic E-state index is 12.7. The van der Waals surface area contributed by atoms with Crippen LogP contribution >= 0.6 is 0 Å². The number of benzene rings is 1. The fourth-order valence-corrected chi connectivity index (χ4v) is 1.20. The highest BCUT2D eigenvalue weighted by molar-refractivity contribution is 5.30. The molecule has 0 aliphatic rings. The molecule has 0 aromatic heterocycles. The Balaban J connectivity index is 3.05. The second-order valence-electron chi connectivity index (χ2n) is 2.84. The lowest BCUT2D eigenvalue weighted by Crippen LogP contribution is -2.22. The molecule has 1 rings (SSSR count). The minimum absolute atomic E-state index is 0.221. The van der Waals surface area contributed by atoms with Gasteiger partial charge in [0.25, 0.3) is 0 Å². The van der Waals surface area contributed by atoms with Crippen LogP contribution in [0.4, 0.5) is 4.39 Å². The largest absolute Gasteiger partial charge is 0.392 e. The first-order chi connectivity index (χ1) is 6.19. The Morgan fingerprint density at radius 3 is 2.69 bits per heavy atom. The van der Waals surface area contributed by atoms with Gasteiger partial charge in [0.05, 0.1) is 6.61 Å². The predicted molar refractivity (Wildman–Crippen MR) is 48.3 cm³/mol. The van der Waals surface area contributed by atoms with E-state index in [4.69, 9.17) is 16.6 Å². The Hall–Kier alpha value is -0.970. The SMILES string of the molecule is NCC(N)c1ccc(F)cc1CO. The van der Waals surface area contributed by atoms with Crippen molar-refractivity contribution in [3.8, 4) is 0 Å². The molecule has 4 heteroatoms. The quantitative estimate of drug-likeness (QED) is 0.631. The third-order valence-corrected chi connectivity index (χ3v) is 1.93. The number of hydrogen-bond acceptors (Lipinski definition) is 3. The van der Waals surface area contributed by atoms with E-state index in [1.807, 2.05) is 0 Å². The van der Waals surface area contributed by atoms with E-state index in [1.165, 1.54) is 12.1 Å². The molecule has 0 spiro atoms. The van der Waals surface area contributed by atoms with Crippen molar-refractivity contribution in [2.24, 2.45) is 11.5 Å². The first kappa shape index (κ1) is 10.1. The Kier molecular flexibility index (Phi) is 3.36. The normalized spacial score (nSPS) is 12.9. The molecule has 3 nitrogen and oxygen atoms in total. The van der Waals surface area contributed by atoms with Gasteiger partial charge in [0.1, 0.15) is 5.82 Å². The molecule has 1 unspecified atom stereocenters. The molecule has 0 fully saturated rings. The molecule has 1 aromatic rings. The zero-order valence-electron chi connectivity index (χ0n) is 7.20. The average Bonchev–Trinajstić information content (AvgIpc) is 2.16. The van der Waals surface area contributed by atoms with E-state index < -0.39 is 0 Å². The molecule has 0 aliphatic carbocycles. The molecule has 1 aromatic carbocycles. The van der Waals surface area contributed by atoms with Crippen LogP contribution in [0.3, 0.4) is 0 Å². The van der Waals surface area contributed by atoms with Gasteiger partial charge in [-0.15, -0.1) is 0 Å². The fourth-order valence-electron chi connectivity index (χ4n) is 1.20. The molecule has 1 atom stereocenters. The number of nitrogens with two attached hydrogens (primary N) is 2.